The van der Waals surface area contributed by atoms with E-state index in [4.69, 9.17) is 20.9 Å². The maximum Gasteiger partial charge on any atom is 0.249 e. The van der Waals surface area contributed by atoms with Crippen LogP contribution < -0.4 is 4.74 Å². The third kappa shape index (κ3) is 3.45. The highest BCUT2D eigenvalue weighted by atomic mass is 35.5. The number of rotatable bonds is 5. The molecule has 28 heavy (non-hydrogen) atoms. The van der Waals surface area contributed by atoms with Gasteiger partial charge in [-0.3, -0.25) is 4.79 Å². The standard InChI is InChI=1S/C20H17ClFN3O3/c1-27-13-5-2-4-12(10-13)19-23-20(28-24-19)17-8-9-18(26)25(17)11-14-15(21)6-3-7-16(14)22/h2-7,10,17H,8-9,11H2,1H3. The van der Waals surface area contributed by atoms with Gasteiger partial charge in [-0.25, -0.2) is 4.39 Å². The number of benzene rings is 2. The van der Waals surface area contributed by atoms with Gasteiger partial charge >= 0.3 is 0 Å². The smallest absolute Gasteiger partial charge is 0.249 e. The van der Waals surface area contributed by atoms with Gasteiger partial charge in [0, 0.05) is 22.6 Å². The van der Waals surface area contributed by atoms with Crippen LogP contribution in [-0.2, 0) is 11.3 Å². The molecule has 0 bridgehead atoms. The van der Waals surface area contributed by atoms with Crippen molar-refractivity contribution in [2.75, 3.05) is 7.11 Å². The molecular weight excluding hydrogens is 385 g/mol. The molecule has 1 aromatic heterocycles. The van der Waals surface area contributed by atoms with Crippen molar-refractivity contribution >= 4 is 17.5 Å². The van der Waals surface area contributed by atoms with E-state index in [9.17, 15) is 9.18 Å². The summed E-state index contributed by atoms with van der Waals surface area (Å²) in [6, 6.07) is 11.3. The summed E-state index contributed by atoms with van der Waals surface area (Å²) in [6.07, 6.45) is 0.845. The van der Waals surface area contributed by atoms with Gasteiger partial charge in [0.05, 0.1) is 13.7 Å². The monoisotopic (exact) mass is 401 g/mol. The number of amides is 1. The highest BCUT2D eigenvalue weighted by Gasteiger charge is 2.36. The van der Waals surface area contributed by atoms with Gasteiger partial charge in [0.15, 0.2) is 0 Å². The molecule has 1 amide bonds. The van der Waals surface area contributed by atoms with E-state index in [1.165, 1.54) is 17.0 Å². The molecule has 2 heterocycles. The lowest BCUT2D eigenvalue weighted by molar-refractivity contribution is -0.130. The number of aromatic nitrogens is 2. The van der Waals surface area contributed by atoms with Crippen LogP contribution >= 0.6 is 11.6 Å². The number of methoxy groups -OCH3 is 1. The molecule has 1 aliphatic heterocycles. The van der Waals surface area contributed by atoms with Crippen molar-refractivity contribution in [3.8, 4) is 17.1 Å². The molecule has 1 unspecified atom stereocenters. The first-order chi connectivity index (χ1) is 13.6. The lowest BCUT2D eigenvalue weighted by Crippen LogP contribution is -2.28. The Morgan fingerprint density at radius 2 is 2.14 bits per heavy atom. The van der Waals surface area contributed by atoms with Crippen LogP contribution in [0.1, 0.15) is 30.3 Å². The molecule has 4 rings (SSSR count). The normalized spacial score (nSPS) is 16.6. The van der Waals surface area contributed by atoms with Crippen LogP contribution in [0.15, 0.2) is 47.0 Å². The topological polar surface area (TPSA) is 68.5 Å². The van der Waals surface area contributed by atoms with Gasteiger partial charge in [0.1, 0.15) is 17.6 Å². The Morgan fingerprint density at radius 1 is 1.32 bits per heavy atom. The van der Waals surface area contributed by atoms with Crippen LogP contribution in [-0.4, -0.2) is 28.1 Å². The van der Waals surface area contributed by atoms with E-state index in [0.29, 0.717) is 30.3 Å². The molecule has 1 fully saturated rings. The predicted octanol–water partition coefficient (Wildman–Crippen LogP) is 4.40. The molecule has 6 nitrogen and oxygen atoms in total. The third-order valence-electron chi connectivity index (χ3n) is 4.77. The number of nitrogens with zero attached hydrogens (tertiary/aromatic N) is 3. The molecule has 0 radical (unpaired) electrons. The van der Waals surface area contributed by atoms with E-state index in [2.05, 4.69) is 10.1 Å². The first kappa shape index (κ1) is 18.4. The molecule has 1 saturated heterocycles. The van der Waals surface area contributed by atoms with Crippen molar-refractivity contribution in [1.29, 1.82) is 0 Å². The maximum atomic E-state index is 14.2. The highest BCUT2D eigenvalue weighted by Crippen LogP contribution is 2.35. The van der Waals surface area contributed by atoms with Crippen LogP contribution in [0.5, 0.6) is 5.75 Å². The molecular formula is C20H17ClFN3O3. The van der Waals surface area contributed by atoms with Crippen molar-refractivity contribution in [2.45, 2.75) is 25.4 Å². The second kappa shape index (κ2) is 7.59. The van der Waals surface area contributed by atoms with E-state index in [0.717, 1.165) is 5.56 Å². The second-order valence-electron chi connectivity index (χ2n) is 6.46. The van der Waals surface area contributed by atoms with Gasteiger partial charge in [0.2, 0.25) is 17.6 Å². The molecule has 1 atom stereocenters. The largest absolute Gasteiger partial charge is 0.497 e. The Labute approximate surface area is 165 Å². The minimum Gasteiger partial charge on any atom is -0.497 e. The van der Waals surface area contributed by atoms with Crippen LogP contribution in [0.3, 0.4) is 0 Å². The van der Waals surface area contributed by atoms with E-state index < -0.39 is 11.9 Å². The summed E-state index contributed by atoms with van der Waals surface area (Å²) in [5.41, 5.74) is 1.01. The van der Waals surface area contributed by atoms with Crippen molar-refractivity contribution in [3.05, 3.63) is 64.8 Å². The molecule has 1 aliphatic rings. The number of likely N-dealkylation sites (tertiary alicyclic amines) is 1. The number of carbonyl (C=O) groups is 1. The van der Waals surface area contributed by atoms with Crippen LogP contribution in [0.4, 0.5) is 4.39 Å². The molecule has 144 valence electrons. The molecule has 2 aromatic carbocycles. The fourth-order valence-corrected chi connectivity index (χ4v) is 3.52. The molecule has 8 heteroatoms. The first-order valence-corrected chi connectivity index (χ1v) is 9.15. The quantitative estimate of drug-likeness (QED) is 0.633. The zero-order valence-electron chi connectivity index (χ0n) is 15.1. The van der Waals surface area contributed by atoms with Crippen molar-refractivity contribution in [3.63, 3.8) is 0 Å². The fourth-order valence-electron chi connectivity index (χ4n) is 3.29. The Hall–Kier alpha value is -2.93. The highest BCUT2D eigenvalue weighted by molar-refractivity contribution is 6.31. The molecule has 0 saturated carbocycles. The lowest BCUT2D eigenvalue weighted by Gasteiger charge is -2.22. The number of ether oxygens (including phenoxy) is 1. The number of halogens is 2. The van der Waals surface area contributed by atoms with Crippen LogP contribution in [0.2, 0.25) is 5.02 Å². The Bertz CT molecular complexity index is 1000. The van der Waals surface area contributed by atoms with Gasteiger partial charge in [-0.15, -0.1) is 0 Å². The van der Waals surface area contributed by atoms with Gasteiger partial charge in [0.25, 0.3) is 0 Å². The number of hydrogen-bond acceptors (Lipinski definition) is 5. The average molecular weight is 402 g/mol. The van der Waals surface area contributed by atoms with Crippen molar-refractivity contribution < 1.29 is 18.4 Å². The Morgan fingerprint density at radius 3 is 2.93 bits per heavy atom. The van der Waals surface area contributed by atoms with E-state index >= 15 is 0 Å². The third-order valence-corrected chi connectivity index (χ3v) is 5.13. The van der Waals surface area contributed by atoms with E-state index in [1.54, 1.807) is 19.2 Å². The van der Waals surface area contributed by atoms with Gasteiger partial charge in [-0.2, -0.15) is 4.98 Å². The second-order valence-corrected chi connectivity index (χ2v) is 6.87. The van der Waals surface area contributed by atoms with Crippen molar-refractivity contribution in [1.82, 2.24) is 15.0 Å². The summed E-state index contributed by atoms with van der Waals surface area (Å²) < 4.78 is 24.8. The molecule has 0 N–H and O–H groups in total. The molecule has 0 aliphatic carbocycles. The minimum atomic E-state index is -0.450. The van der Waals surface area contributed by atoms with Crippen LogP contribution in [0.25, 0.3) is 11.4 Å². The van der Waals surface area contributed by atoms with Gasteiger partial charge in [-0.05, 0) is 30.7 Å². The summed E-state index contributed by atoms with van der Waals surface area (Å²) in [4.78, 5) is 18.4. The van der Waals surface area contributed by atoms with Crippen LogP contribution in [0, 0.1) is 5.82 Å². The number of carbonyl (C=O) groups excluding carboxylic acids is 1. The van der Waals surface area contributed by atoms with Gasteiger partial charge < -0.3 is 14.2 Å². The van der Waals surface area contributed by atoms with Crippen molar-refractivity contribution in [2.24, 2.45) is 0 Å². The predicted molar refractivity (Wildman–Crippen MR) is 100 cm³/mol. The average Bonchev–Trinajstić information content (AvgIpc) is 3.32. The SMILES string of the molecule is COc1cccc(-c2noc(C3CCC(=O)N3Cc3c(F)cccc3Cl)n2)c1. The maximum absolute atomic E-state index is 14.2. The zero-order chi connectivity index (χ0) is 19.7. The summed E-state index contributed by atoms with van der Waals surface area (Å²) >= 11 is 6.12. The first-order valence-electron chi connectivity index (χ1n) is 8.77. The molecule has 3 aromatic rings. The van der Waals surface area contributed by atoms with E-state index in [1.807, 2.05) is 18.2 Å². The Balaban J connectivity index is 1.61. The lowest BCUT2D eigenvalue weighted by atomic mass is 10.1. The summed E-state index contributed by atoms with van der Waals surface area (Å²) in [5, 5.41) is 4.31. The zero-order valence-corrected chi connectivity index (χ0v) is 15.8. The summed E-state index contributed by atoms with van der Waals surface area (Å²) in [6.45, 7) is 0.0475. The fraction of sp³-hybridized carbons (Fsp3) is 0.250. The summed E-state index contributed by atoms with van der Waals surface area (Å²) in [7, 11) is 1.58. The molecule has 0 spiro atoms. The van der Waals surface area contributed by atoms with Gasteiger partial charge in [-0.1, -0.05) is 35.0 Å². The Kier molecular flexibility index (Phi) is 5.00. The summed E-state index contributed by atoms with van der Waals surface area (Å²) in [5.74, 6) is 0.836. The number of hydrogen-bond donors (Lipinski definition) is 0. The van der Waals surface area contributed by atoms with E-state index in [-0.39, 0.29) is 23.0 Å². The minimum absolute atomic E-state index is 0.0475.